The molecule has 0 fully saturated rings. The minimum Gasteiger partial charge on any atom is -0.262 e. The number of anilines is 1. The monoisotopic (exact) mass is 159 g/mol. The van der Waals surface area contributed by atoms with Crippen LogP contribution in [0.5, 0.6) is 0 Å². The molecule has 0 atom stereocenters. The van der Waals surface area contributed by atoms with Gasteiger partial charge in [0.25, 0.3) is 0 Å². The first-order valence-corrected chi connectivity index (χ1v) is 3.72. The summed E-state index contributed by atoms with van der Waals surface area (Å²) in [7, 11) is 0. The van der Waals surface area contributed by atoms with Gasteiger partial charge < -0.3 is 0 Å². The van der Waals surface area contributed by atoms with Crippen LogP contribution in [0.2, 0.25) is 0 Å². The maximum Gasteiger partial charge on any atom is 0.148 e. The number of hydrazine groups is 1. The normalized spacial score (nSPS) is 13.6. The Hall–Kier alpha value is -1.61. The zero-order valence-corrected chi connectivity index (χ0v) is 6.51. The molecule has 0 saturated carbocycles. The summed E-state index contributed by atoms with van der Waals surface area (Å²) < 4.78 is 0. The quantitative estimate of drug-likeness (QED) is 0.495. The van der Waals surface area contributed by atoms with E-state index in [-0.39, 0.29) is 0 Å². The molecule has 1 aliphatic rings. The molecule has 0 aliphatic carbocycles. The maximum absolute atomic E-state index is 5.75. The highest BCUT2D eigenvalue weighted by molar-refractivity contribution is 6.08. The van der Waals surface area contributed by atoms with Gasteiger partial charge >= 0.3 is 0 Å². The van der Waals surface area contributed by atoms with Crippen LogP contribution in [0, 0.1) is 0 Å². The average molecular weight is 159 g/mol. The third kappa shape index (κ3) is 1.10. The fourth-order valence-electron chi connectivity index (χ4n) is 1.00. The molecule has 0 aromatic heterocycles. The van der Waals surface area contributed by atoms with Gasteiger partial charge in [-0.3, -0.25) is 5.01 Å². The van der Waals surface area contributed by atoms with Gasteiger partial charge in [0.1, 0.15) is 5.84 Å². The van der Waals surface area contributed by atoms with Crippen LogP contribution in [0.1, 0.15) is 0 Å². The van der Waals surface area contributed by atoms with Gasteiger partial charge in [0.2, 0.25) is 0 Å². The molecule has 0 radical (unpaired) electrons. The van der Waals surface area contributed by atoms with E-state index in [1.54, 1.807) is 11.2 Å². The van der Waals surface area contributed by atoms with E-state index in [2.05, 4.69) is 4.99 Å². The zero-order chi connectivity index (χ0) is 8.39. The Morgan fingerprint density at radius 2 is 1.83 bits per heavy atom. The molecular formula is C9H9N3. The molecule has 0 amide bonds. The molecule has 3 nitrogen and oxygen atoms in total. The lowest BCUT2D eigenvalue weighted by Crippen LogP contribution is -2.37. The minimum atomic E-state index is 0.793. The highest BCUT2D eigenvalue weighted by Crippen LogP contribution is 2.12. The van der Waals surface area contributed by atoms with Crippen molar-refractivity contribution in [2.75, 3.05) is 5.01 Å². The van der Waals surface area contributed by atoms with E-state index in [1.165, 1.54) is 0 Å². The lowest BCUT2D eigenvalue weighted by molar-refractivity contribution is 1.12. The smallest absolute Gasteiger partial charge is 0.148 e. The largest absolute Gasteiger partial charge is 0.262 e. The van der Waals surface area contributed by atoms with Crippen molar-refractivity contribution in [2.24, 2.45) is 10.8 Å². The third-order valence-electron chi connectivity index (χ3n) is 1.71. The molecular weight excluding hydrogens is 150 g/mol. The average Bonchev–Trinajstić information content (AvgIpc) is 2.03. The van der Waals surface area contributed by atoms with Gasteiger partial charge in [-0.25, -0.2) is 10.8 Å². The van der Waals surface area contributed by atoms with Gasteiger partial charge in [-0.2, -0.15) is 0 Å². The number of nitrogens with two attached hydrogens (primary N) is 1. The summed E-state index contributed by atoms with van der Waals surface area (Å²) in [4.78, 5) is 3.98. The summed E-state index contributed by atoms with van der Waals surface area (Å²) in [6.07, 6.45) is 3.59. The molecule has 1 aromatic rings. The second-order valence-corrected chi connectivity index (χ2v) is 2.51. The number of benzene rings is 1. The van der Waals surface area contributed by atoms with Crippen LogP contribution in [0.4, 0.5) is 5.69 Å². The van der Waals surface area contributed by atoms with Crippen molar-refractivity contribution in [1.82, 2.24) is 0 Å². The van der Waals surface area contributed by atoms with Crippen molar-refractivity contribution in [2.45, 2.75) is 0 Å². The van der Waals surface area contributed by atoms with E-state index in [9.17, 15) is 0 Å². The predicted octanol–water partition coefficient (Wildman–Crippen LogP) is 1.29. The Balaban J connectivity index is 2.20. The number of hydrogen-bond donors (Lipinski definition) is 1. The molecule has 0 saturated heterocycles. The summed E-state index contributed by atoms with van der Waals surface area (Å²) in [6, 6.07) is 9.72. The topological polar surface area (TPSA) is 41.6 Å². The van der Waals surface area contributed by atoms with E-state index >= 15 is 0 Å². The highest BCUT2D eigenvalue weighted by atomic mass is 15.4. The predicted molar refractivity (Wildman–Crippen MR) is 49.7 cm³/mol. The first kappa shape index (κ1) is 7.06. The summed E-state index contributed by atoms with van der Waals surface area (Å²) in [5.41, 5.74) is 0.945. The molecule has 0 unspecified atom stereocenters. The van der Waals surface area contributed by atoms with Gasteiger partial charge in [-0.05, 0) is 12.1 Å². The van der Waals surface area contributed by atoms with E-state index in [0.717, 1.165) is 11.5 Å². The van der Waals surface area contributed by atoms with Gasteiger partial charge in [0.15, 0.2) is 0 Å². The molecule has 0 spiro atoms. The molecule has 60 valence electrons. The van der Waals surface area contributed by atoms with Crippen molar-refractivity contribution in [3.63, 3.8) is 0 Å². The molecule has 3 heteroatoms. The molecule has 2 rings (SSSR count). The molecule has 0 bridgehead atoms. The molecule has 1 aromatic carbocycles. The Morgan fingerprint density at radius 1 is 1.17 bits per heavy atom. The summed E-state index contributed by atoms with van der Waals surface area (Å²) >= 11 is 0. The summed E-state index contributed by atoms with van der Waals surface area (Å²) in [5, 5.41) is 1.56. The van der Waals surface area contributed by atoms with E-state index < -0.39 is 0 Å². The number of amidine groups is 1. The van der Waals surface area contributed by atoms with E-state index in [4.69, 9.17) is 5.84 Å². The van der Waals surface area contributed by atoms with E-state index in [1.807, 2.05) is 36.4 Å². The first-order chi connectivity index (χ1) is 5.88. The second-order valence-electron chi connectivity index (χ2n) is 2.51. The van der Waals surface area contributed by atoms with Crippen molar-refractivity contribution in [1.29, 1.82) is 0 Å². The third-order valence-corrected chi connectivity index (χ3v) is 1.71. The number of rotatable bonds is 1. The SMILES string of the molecule is NN(C1=NC=C1)c1ccccc1. The first-order valence-electron chi connectivity index (χ1n) is 3.72. The van der Waals surface area contributed by atoms with Crippen LogP contribution in [0.15, 0.2) is 47.6 Å². The number of nitrogens with zero attached hydrogens (tertiary/aromatic N) is 2. The molecule has 2 N–H and O–H groups in total. The fraction of sp³-hybridized carbons (Fsp3) is 0. The number of hydrogen-bond acceptors (Lipinski definition) is 3. The van der Waals surface area contributed by atoms with Crippen LogP contribution in [0.25, 0.3) is 0 Å². The van der Waals surface area contributed by atoms with Crippen LogP contribution < -0.4 is 10.9 Å². The Labute approximate surface area is 70.8 Å². The Bertz CT molecular complexity index is 327. The second kappa shape index (κ2) is 2.79. The maximum atomic E-state index is 5.75. The van der Waals surface area contributed by atoms with Crippen molar-refractivity contribution in [3.8, 4) is 0 Å². The van der Waals surface area contributed by atoms with Crippen molar-refractivity contribution in [3.05, 3.63) is 42.6 Å². The zero-order valence-electron chi connectivity index (χ0n) is 6.51. The lowest BCUT2D eigenvalue weighted by atomic mass is 10.3. The van der Waals surface area contributed by atoms with Crippen molar-refractivity contribution >= 4 is 11.5 Å². The van der Waals surface area contributed by atoms with Gasteiger partial charge in [-0.1, -0.05) is 18.2 Å². The summed E-state index contributed by atoms with van der Waals surface area (Å²) in [5.74, 6) is 6.54. The summed E-state index contributed by atoms with van der Waals surface area (Å²) in [6.45, 7) is 0. The van der Waals surface area contributed by atoms with Crippen LogP contribution in [0.3, 0.4) is 0 Å². The fourth-order valence-corrected chi connectivity index (χ4v) is 1.00. The van der Waals surface area contributed by atoms with Crippen molar-refractivity contribution < 1.29 is 0 Å². The number of para-hydroxylation sites is 1. The molecule has 1 heterocycles. The molecule has 1 aliphatic heterocycles. The van der Waals surface area contributed by atoms with Crippen LogP contribution >= 0.6 is 0 Å². The van der Waals surface area contributed by atoms with Crippen LogP contribution in [-0.2, 0) is 0 Å². The Kier molecular flexibility index (Phi) is 1.64. The van der Waals surface area contributed by atoms with Gasteiger partial charge in [0, 0.05) is 12.3 Å². The minimum absolute atomic E-state index is 0.793. The lowest BCUT2D eigenvalue weighted by Gasteiger charge is -2.20. The Morgan fingerprint density at radius 3 is 2.33 bits per heavy atom. The highest BCUT2D eigenvalue weighted by Gasteiger charge is 2.08. The van der Waals surface area contributed by atoms with Gasteiger partial charge in [-0.15, -0.1) is 0 Å². The molecule has 12 heavy (non-hydrogen) atoms. The van der Waals surface area contributed by atoms with Crippen LogP contribution in [-0.4, -0.2) is 5.84 Å². The van der Waals surface area contributed by atoms with Gasteiger partial charge in [0.05, 0.1) is 5.69 Å². The standard InChI is InChI=1S/C9H9N3/c10-12(9-6-7-11-9)8-4-2-1-3-5-8/h1-7H,10H2. The van der Waals surface area contributed by atoms with E-state index in [0.29, 0.717) is 0 Å². The number of aliphatic imine (C=N–C) groups is 1.